The maximum Gasteiger partial charge on any atom is 0.243 e. The maximum atomic E-state index is 12.3. The van der Waals surface area contributed by atoms with E-state index in [0.29, 0.717) is 12.1 Å². The van der Waals surface area contributed by atoms with Crippen molar-refractivity contribution >= 4 is 21.7 Å². The number of sulfonamides is 1. The summed E-state index contributed by atoms with van der Waals surface area (Å²) in [6, 6.07) is 4.60. The smallest absolute Gasteiger partial charge is 0.243 e. The number of benzene rings is 1. The molecule has 1 aliphatic heterocycles. The van der Waals surface area contributed by atoms with E-state index in [1.165, 1.54) is 24.3 Å². The van der Waals surface area contributed by atoms with Crippen LogP contribution in [-0.4, -0.2) is 31.3 Å². The number of nitrogens with zero attached hydrogens (tertiary/aromatic N) is 1. The molecule has 0 radical (unpaired) electrons. The first kappa shape index (κ1) is 12.8. The van der Waals surface area contributed by atoms with E-state index in [0.717, 1.165) is 4.31 Å². The van der Waals surface area contributed by atoms with Gasteiger partial charge in [0.15, 0.2) is 0 Å². The van der Waals surface area contributed by atoms with Gasteiger partial charge in [0.1, 0.15) is 0 Å². The van der Waals surface area contributed by atoms with Gasteiger partial charge in [-0.25, -0.2) is 8.42 Å². The van der Waals surface area contributed by atoms with E-state index in [4.69, 9.17) is 5.73 Å². The van der Waals surface area contributed by atoms with Crippen LogP contribution in [0.4, 0.5) is 5.69 Å². The second-order valence-electron chi connectivity index (χ2n) is 4.16. The van der Waals surface area contributed by atoms with Crippen LogP contribution in [0.5, 0.6) is 0 Å². The molecule has 1 fully saturated rings. The topological polar surface area (TPSA) is 104 Å². The fraction of sp³-hybridized carbons (Fsp3) is 0.364. The zero-order chi connectivity index (χ0) is 13.3. The van der Waals surface area contributed by atoms with E-state index < -0.39 is 22.0 Å². The molecule has 1 heterocycles. The SMILES string of the molecule is Nc1ccc(S(=O)(=O)N2CCC[C@@H]2C(=O)[O-])cc1. The lowest BCUT2D eigenvalue weighted by Gasteiger charge is -2.24. The van der Waals surface area contributed by atoms with Crippen molar-refractivity contribution in [1.29, 1.82) is 0 Å². The molecular weight excluding hydrogens is 256 g/mol. The predicted octanol–water partition coefficient (Wildman–Crippen LogP) is -0.828. The van der Waals surface area contributed by atoms with Gasteiger partial charge in [0.05, 0.1) is 16.9 Å². The summed E-state index contributed by atoms with van der Waals surface area (Å²) in [4.78, 5) is 11.0. The van der Waals surface area contributed by atoms with Gasteiger partial charge in [0, 0.05) is 12.2 Å². The second kappa shape index (κ2) is 4.58. The number of carboxylic acid groups (broad SMARTS) is 1. The van der Waals surface area contributed by atoms with Crippen molar-refractivity contribution in [2.75, 3.05) is 12.3 Å². The molecule has 0 aromatic heterocycles. The number of aliphatic carboxylic acids is 1. The standard InChI is InChI=1S/C11H14N2O4S/c12-8-3-5-9(6-4-8)18(16,17)13-7-1-2-10(13)11(14)15/h3-6,10H,1-2,7,12H2,(H,14,15)/p-1/t10-/m1/s1. The minimum atomic E-state index is -3.79. The Labute approximate surface area is 105 Å². The van der Waals surface area contributed by atoms with Crippen LogP contribution < -0.4 is 10.8 Å². The van der Waals surface area contributed by atoms with Crippen LogP contribution in [-0.2, 0) is 14.8 Å². The van der Waals surface area contributed by atoms with E-state index in [1.54, 1.807) is 0 Å². The van der Waals surface area contributed by atoms with Crippen molar-refractivity contribution in [3.05, 3.63) is 24.3 Å². The van der Waals surface area contributed by atoms with Crippen molar-refractivity contribution in [2.24, 2.45) is 0 Å². The fourth-order valence-corrected chi connectivity index (χ4v) is 3.69. The average Bonchev–Trinajstić information content (AvgIpc) is 2.79. The molecule has 0 bridgehead atoms. The Balaban J connectivity index is 2.36. The van der Waals surface area contributed by atoms with Crippen molar-refractivity contribution in [2.45, 2.75) is 23.8 Å². The Hall–Kier alpha value is -1.60. The number of anilines is 1. The highest BCUT2D eigenvalue weighted by Gasteiger charge is 2.35. The summed E-state index contributed by atoms with van der Waals surface area (Å²) in [5.74, 6) is -1.36. The van der Waals surface area contributed by atoms with E-state index in [9.17, 15) is 18.3 Å². The van der Waals surface area contributed by atoms with Crippen LogP contribution >= 0.6 is 0 Å². The zero-order valence-corrected chi connectivity index (χ0v) is 10.4. The molecule has 1 saturated heterocycles. The van der Waals surface area contributed by atoms with Gasteiger partial charge < -0.3 is 15.6 Å². The Morgan fingerprint density at radius 3 is 2.50 bits per heavy atom. The van der Waals surface area contributed by atoms with Crippen LogP contribution in [0.25, 0.3) is 0 Å². The first-order valence-electron chi connectivity index (χ1n) is 5.51. The summed E-state index contributed by atoms with van der Waals surface area (Å²) >= 11 is 0. The molecule has 18 heavy (non-hydrogen) atoms. The molecule has 7 heteroatoms. The largest absolute Gasteiger partial charge is 0.548 e. The van der Waals surface area contributed by atoms with Gasteiger partial charge in [0.25, 0.3) is 0 Å². The lowest BCUT2D eigenvalue weighted by atomic mass is 10.2. The van der Waals surface area contributed by atoms with Gasteiger partial charge in [0.2, 0.25) is 10.0 Å². The third-order valence-electron chi connectivity index (χ3n) is 2.96. The molecule has 0 spiro atoms. The Bertz CT molecular complexity index is 553. The van der Waals surface area contributed by atoms with Gasteiger partial charge in [-0.05, 0) is 37.1 Å². The number of carbonyl (C=O) groups is 1. The highest BCUT2D eigenvalue weighted by molar-refractivity contribution is 7.89. The Morgan fingerprint density at radius 1 is 1.33 bits per heavy atom. The molecule has 1 aromatic rings. The molecule has 0 aliphatic carbocycles. The van der Waals surface area contributed by atoms with Crippen LogP contribution in [0.1, 0.15) is 12.8 Å². The number of nitrogens with two attached hydrogens (primary N) is 1. The number of carbonyl (C=O) groups excluding carboxylic acids is 1. The molecule has 98 valence electrons. The Morgan fingerprint density at radius 2 is 1.94 bits per heavy atom. The van der Waals surface area contributed by atoms with Gasteiger partial charge in [-0.2, -0.15) is 4.31 Å². The number of nitrogen functional groups attached to an aromatic ring is 1. The van der Waals surface area contributed by atoms with Crippen molar-refractivity contribution < 1.29 is 18.3 Å². The third-order valence-corrected chi connectivity index (χ3v) is 4.88. The first-order chi connectivity index (χ1) is 8.43. The van der Waals surface area contributed by atoms with Crippen LogP contribution in [0, 0.1) is 0 Å². The summed E-state index contributed by atoms with van der Waals surface area (Å²) < 4.78 is 25.5. The number of hydrogen-bond donors (Lipinski definition) is 1. The van der Waals surface area contributed by atoms with Crippen LogP contribution in [0.3, 0.4) is 0 Å². The molecule has 2 rings (SSSR count). The third kappa shape index (κ3) is 2.19. The van der Waals surface area contributed by atoms with Gasteiger partial charge in [-0.15, -0.1) is 0 Å². The molecule has 1 aromatic carbocycles. The maximum absolute atomic E-state index is 12.3. The molecular formula is C11H13N2O4S-. The molecule has 1 atom stereocenters. The summed E-state index contributed by atoms with van der Waals surface area (Å²) in [5, 5.41) is 10.9. The molecule has 0 unspecified atom stereocenters. The lowest BCUT2D eigenvalue weighted by Crippen LogP contribution is -2.46. The predicted molar refractivity (Wildman–Crippen MR) is 62.8 cm³/mol. The fourth-order valence-electron chi connectivity index (χ4n) is 2.04. The van der Waals surface area contributed by atoms with Crippen molar-refractivity contribution in [3.63, 3.8) is 0 Å². The molecule has 6 nitrogen and oxygen atoms in total. The summed E-state index contributed by atoms with van der Waals surface area (Å²) in [7, 11) is -3.79. The normalized spacial score (nSPS) is 21.0. The van der Waals surface area contributed by atoms with E-state index in [-0.39, 0.29) is 17.9 Å². The van der Waals surface area contributed by atoms with Crippen LogP contribution in [0.15, 0.2) is 29.2 Å². The van der Waals surface area contributed by atoms with E-state index >= 15 is 0 Å². The second-order valence-corrected chi connectivity index (χ2v) is 6.05. The average molecular weight is 269 g/mol. The molecule has 1 aliphatic rings. The van der Waals surface area contributed by atoms with Gasteiger partial charge in [-0.3, -0.25) is 0 Å². The quantitative estimate of drug-likeness (QED) is 0.721. The monoisotopic (exact) mass is 269 g/mol. The lowest BCUT2D eigenvalue weighted by molar-refractivity contribution is -0.309. The molecule has 2 N–H and O–H groups in total. The molecule has 0 saturated carbocycles. The van der Waals surface area contributed by atoms with E-state index in [1.807, 2.05) is 0 Å². The number of carboxylic acids is 1. The van der Waals surface area contributed by atoms with E-state index in [2.05, 4.69) is 0 Å². The summed E-state index contributed by atoms with van der Waals surface area (Å²) in [5.41, 5.74) is 5.94. The first-order valence-corrected chi connectivity index (χ1v) is 6.95. The van der Waals surface area contributed by atoms with Crippen molar-refractivity contribution in [3.8, 4) is 0 Å². The van der Waals surface area contributed by atoms with Crippen molar-refractivity contribution in [1.82, 2.24) is 4.31 Å². The summed E-state index contributed by atoms with van der Waals surface area (Å²) in [6.07, 6.45) is 0.809. The van der Waals surface area contributed by atoms with Crippen LogP contribution in [0.2, 0.25) is 0 Å². The molecule has 0 amide bonds. The zero-order valence-electron chi connectivity index (χ0n) is 9.57. The highest BCUT2D eigenvalue weighted by Crippen LogP contribution is 2.26. The minimum Gasteiger partial charge on any atom is -0.548 e. The number of hydrogen-bond acceptors (Lipinski definition) is 5. The highest BCUT2D eigenvalue weighted by atomic mass is 32.2. The van der Waals surface area contributed by atoms with Gasteiger partial charge >= 0.3 is 0 Å². The Kier molecular flexibility index (Phi) is 3.27. The number of rotatable bonds is 3. The summed E-state index contributed by atoms with van der Waals surface area (Å²) in [6.45, 7) is 0.200. The minimum absolute atomic E-state index is 0.0462. The van der Waals surface area contributed by atoms with Gasteiger partial charge in [-0.1, -0.05) is 0 Å².